The molecule has 1 aromatic heterocycles. The van der Waals surface area contributed by atoms with Gasteiger partial charge < -0.3 is 10.2 Å². The minimum Gasteiger partial charge on any atom is -0.338 e. The third-order valence-electron chi connectivity index (χ3n) is 5.05. The Morgan fingerprint density at radius 1 is 1.17 bits per heavy atom. The van der Waals surface area contributed by atoms with E-state index in [0.717, 1.165) is 5.69 Å². The van der Waals surface area contributed by atoms with Crippen LogP contribution in [0, 0.1) is 12.8 Å². The summed E-state index contributed by atoms with van der Waals surface area (Å²) in [7, 11) is -3.52. The molecule has 29 heavy (non-hydrogen) atoms. The maximum Gasteiger partial charge on any atom is 0.255 e. The van der Waals surface area contributed by atoms with Crippen molar-refractivity contribution in [3.63, 3.8) is 0 Å². The molecule has 154 valence electrons. The van der Waals surface area contributed by atoms with E-state index < -0.39 is 9.84 Å². The van der Waals surface area contributed by atoms with Crippen molar-refractivity contribution in [1.82, 2.24) is 9.88 Å². The van der Waals surface area contributed by atoms with Crippen LogP contribution in [-0.2, 0) is 14.6 Å². The highest BCUT2D eigenvalue weighted by atomic mass is 32.2. The maximum absolute atomic E-state index is 13.1. The van der Waals surface area contributed by atoms with E-state index in [0.29, 0.717) is 25.2 Å². The van der Waals surface area contributed by atoms with E-state index in [1.807, 2.05) is 19.1 Å². The molecule has 7 nitrogen and oxygen atoms in total. The van der Waals surface area contributed by atoms with Crippen molar-refractivity contribution >= 4 is 27.5 Å². The molecule has 0 saturated carbocycles. The fourth-order valence-corrected chi connectivity index (χ4v) is 4.54. The topological polar surface area (TPSA) is 96.4 Å². The van der Waals surface area contributed by atoms with Crippen molar-refractivity contribution in [2.75, 3.05) is 24.2 Å². The average molecular weight is 416 g/mol. The molecule has 2 heterocycles. The number of benzene rings is 1. The zero-order valence-corrected chi connectivity index (χ0v) is 17.4. The Kier molecular flexibility index (Phi) is 6.32. The van der Waals surface area contributed by atoms with E-state index in [1.165, 1.54) is 12.1 Å². The second-order valence-electron chi connectivity index (χ2n) is 7.14. The number of carbonyl (C=O) groups excluding carboxylic acids is 2. The van der Waals surface area contributed by atoms with Crippen LogP contribution in [0.5, 0.6) is 0 Å². The Labute approximate surface area is 171 Å². The Morgan fingerprint density at radius 2 is 1.93 bits per heavy atom. The summed E-state index contributed by atoms with van der Waals surface area (Å²) < 4.78 is 24.7. The minimum absolute atomic E-state index is 0.0445. The van der Waals surface area contributed by atoms with Gasteiger partial charge in [0, 0.05) is 18.8 Å². The summed E-state index contributed by atoms with van der Waals surface area (Å²) in [4.78, 5) is 31.6. The molecular formula is C21H25N3O4S. The SMILES string of the molecule is CCS(=O)(=O)c1ccccc1C(=O)N1CCCC(C(=O)Nc2cccc(C)n2)C1. The van der Waals surface area contributed by atoms with Crippen LogP contribution in [0.1, 0.15) is 35.8 Å². The Morgan fingerprint density at radius 3 is 2.66 bits per heavy atom. The van der Waals surface area contributed by atoms with E-state index >= 15 is 0 Å². The van der Waals surface area contributed by atoms with Gasteiger partial charge in [-0.1, -0.05) is 25.1 Å². The number of anilines is 1. The fraction of sp³-hybridized carbons (Fsp3) is 0.381. The van der Waals surface area contributed by atoms with Gasteiger partial charge in [0.2, 0.25) is 5.91 Å². The first kappa shape index (κ1) is 21.0. The normalized spacial score (nSPS) is 17.0. The Balaban J connectivity index is 1.76. The number of hydrogen-bond acceptors (Lipinski definition) is 5. The van der Waals surface area contributed by atoms with Gasteiger partial charge in [-0.25, -0.2) is 13.4 Å². The number of amides is 2. The highest BCUT2D eigenvalue weighted by Crippen LogP contribution is 2.24. The molecule has 0 spiro atoms. The number of nitrogens with zero attached hydrogens (tertiary/aromatic N) is 2. The highest BCUT2D eigenvalue weighted by Gasteiger charge is 2.31. The number of carbonyl (C=O) groups is 2. The lowest BCUT2D eigenvalue weighted by atomic mass is 9.96. The zero-order chi connectivity index (χ0) is 21.0. The van der Waals surface area contributed by atoms with Crippen LogP contribution in [0.4, 0.5) is 5.82 Å². The molecule has 0 aliphatic carbocycles. The largest absolute Gasteiger partial charge is 0.338 e. The lowest BCUT2D eigenvalue weighted by Crippen LogP contribution is -2.44. The van der Waals surface area contributed by atoms with Crippen molar-refractivity contribution in [3.8, 4) is 0 Å². The van der Waals surface area contributed by atoms with Crippen LogP contribution in [0.25, 0.3) is 0 Å². The summed E-state index contributed by atoms with van der Waals surface area (Å²) in [5.41, 5.74) is 0.966. The van der Waals surface area contributed by atoms with E-state index in [2.05, 4.69) is 10.3 Å². The molecular weight excluding hydrogens is 390 g/mol. The first-order chi connectivity index (χ1) is 13.8. The number of aromatic nitrogens is 1. The van der Waals surface area contributed by atoms with Crippen molar-refractivity contribution in [2.45, 2.75) is 31.6 Å². The van der Waals surface area contributed by atoms with Crippen LogP contribution in [0.15, 0.2) is 47.4 Å². The summed E-state index contributed by atoms with van der Waals surface area (Å²) in [6.45, 7) is 4.14. The number of likely N-dealkylation sites (tertiary alicyclic amines) is 1. The van der Waals surface area contributed by atoms with E-state index in [9.17, 15) is 18.0 Å². The van der Waals surface area contributed by atoms with Crippen molar-refractivity contribution < 1.29 is 18.0 Å². The molecule has 3 rings (SSSR count). The maximum atomic E-state index is 13.1. The third-order valence-corrected chi connectivity index (χ3v) is 6.84. The van der Waals surface area contributed by atoms with Gasteiger partial charge in [-0.05, 0) is 44.0 Å². The van der Waals surface area contributed by atoms with Gasteiger partial charge in [-0.3, -0.25) is 9.59 Å². The lowest BCUT2D eigenvalue weighted by Gasteiger charge is -2.32. The lowest BCUT2D eigenvalue weighted by molar-refractivity contribution is -0.121. The van der Waals surface area contributed by atoms with Crippen LogP contribution in [-0.4, -0.2) is 49.0 Å². The molecule has 0 bridgehead atoms. The van der Waals surface area contributed by atoms with Crippen LogP contribution >= 0.6 is 0 Å². The number of pyridine rings is 1. The number of piperidine rings is 1. The molecule has 1 aromatic carbocycles. The van der Waals surface area contributed by atoms with Gasteiger partial charge in [0.25, 0.3) is 5.91 Å². The Bertz CT molecular complexity index is 1020. The molecule has 1 aliphatic rings. The molecule has 1 saturated heterocycles. The van der Waals surface area contributed by atoms with Crippen LogP contribution in [0.3, 0.4) is 0 Å². The summed E-state index contributed by atoms with van der Waals surface area (Å²) in [6.07, 6.45) is 1.34. The predicted molar refractivity (Wildman–Crippen MR) is 110 cm³/mol. The molecule has 2 amide bonds. The van der Waals surface area contributed by atoms with Crippen molar-refractivity contribution in [1.29, 1.82) is 0 Å². The van der Waals surface area contributed by atoms with E-state index in [-0.39, 0.29) is 40.5 Å². The summed E-state index contributed by atoms with van der Waals surface area (Å²) in [5.74, 6) is -0.507. The molecule has 1 aliphatic heterocycles. The number of nitrogens with one attached hydrogen (secondary N) is 1. The number of aryl methyl sites for hydroxylation is 1. The van der Waals surface area contributed by atoms with Crippen LogP contribution < -0.4 is 5.32 Å². The molecule has 8 heteroatoms. The zero-order valence-electron chi connectivity index (χ0n) is 16.6. The minimum atomic E-state index is -3.52. The quantitative estimate of drug-likeness (QED) is 0.810. The third kappa shape index (κ3) is 4.82. The molecule has 1 atom stereocenters. The second-order valence-corrected chi connectivity index (χ2v) is 9.39. The first-order valence-corrected chi connectivity index (χ1v) is 11.3. The fourth-order valence-electron chi connectivity index (χ4n) is 3.46. The van der Waals surface area contributed by atoms with Gasteiger partial charge >= 0.3 is 0 Å². The molecule has 1 N–H and O–H groups in total. The summed E-state index contributed by atoms with van der Waals surface area (Å²) in [5, 5.41) is 2.81. The van der Waals surface area contributed by atoms with Gasteiger partial charge in [0.1, 0.15) is 5.82 Å². The van der Waals surface area contributed by atoms with Gasteiger partial charge in [0.15, 0.2) is 9.84 Å². The number of rotatable bonds is 5. The van der Waals surface area contributed by atoms with Gasteiger partial charge in [0.05, 0.1) is 22.1 Å². The number of sulfone groups is 1. The Hall–Kier alpha value is -2.74. The smallest absolute Gasteiger partial charge is 0.255 e. The summed E-state index contributed by atoms with van der Waals surface area (Å²) >= 11 is 0. The molecule has 1 unspecified atom stereocenters. The first-order valence-electron chi connectivity index (χ1n) is 9.67. The van der Waals surface area contributed by atoms with Crippen molar-refractivity contribution in [3.05, 3.63) is 53.7 Å². The van der Waals surface area contributed by atoms with E-state index in [1.54, 1.807) is 30.0 Å². The molecule has 1 fully saturated rings. The predicted octanol–water partition coefficient (Wildman–Crippen LogP) is 2.67. The molecule has 0 radical (unpaired) electrons. The van der Waals surface area contributed by atoms with Gasteiger partial charge in [-0.2, -0.15) is 0 Å². The van der Waals surface area contributed by atoms with Crippen LogP contribution in [0.2, 0.25) is 0 Å². The monoisotopic (exact) mass is 415 g/mol. The number of hydrogen-bond donors (Lipinski definition) is 1. The second kappa shape index (κ2) is 8.73. The summed E-state index contributed by atoms with van der Waals surface area (Å²) in [6, 6.07) is 11.6. The van der Waals surface area contributed by atoms with Crippen molar-refractivity contribution in [2.24, 2.45) is 5.92 Å². The average Bonchev–Trinajstić information content (AvgIpc) is 2.73. The highest BCUT2D eigenvalue weighted by molar-refractivity contribution is 7.91. The van der Waals surface area contributed by atoms with Gasteiger partial charge in [-0.15, -0.1) is 0 Å². The molecule has 2 aromatic rings. The van der Waals surface area contributed by atoms with E-state index in [4.69, 9.17) is 0 Å². The standard InChI is InChI=1S/C21H25N3O4S/c1-3-29(27,28)18-11-5-4-10-17(18)21(26)24-13-7-9-16(14-24)20(25)23-19-12-6-8-15(2)22-19/h4-6,8,10-12,16H,3,7,9,13-14H2,1-2H3,(H,22,23,25).